The number of aromatic nitrogens is 2. The minimum absolute atomic E-state index is 0.0747. The lowest BCUT2D eigenvalue weighted by Gasteiger charge is -2.13. The first kappa shape index (κ1) is 10.7. The number of amides is 1. The number of nitrogens with zero attached hydrogens (tertiary/aromatic N) is 3. The summed E-state index contributed by atoms with van der Waals surface area (Å²) in [6.45, 7) is 0.665. The Balaban J connectivity index is 2.18. The van der Waals surface area contributed by atoms with Gasteiger partial charge >= 0.3 is 0 Å². The third-order valence-corrected chi connectivity index (χ3v) is 3.08. The number of thiol groups is 1. The number of halogens is 1. The van der Waals surface area contributed by atoms with Crippen LogP contribution < -0.4 is 4.90 Å². The molecule has 1 unspecified atom stereocenters. The molecule has 0 spiro atoms. The second-order valence-corrected chi connectivity index (χ2v) is 4.22. The van der Waals surface area contributed by atoms with E-state index in [1.165, 1.54) is 0 Å². The van der Waals surface area contributed by atoms with Crippen LogP contribution in [0.3, 0.4) is 0 Å². The molecule has 0 radical (unpaired) electrons. The van der Waals surface area contributed by atoms with E-state index in [9.17, 15) is 4.79 Å². The van der Waals surface area contributed by atoms with Gasteiger partial charge in [-0.05, 0) is 23.8 Å². The first-order valence-electron chi connectivity index (χ1n) is 4.61. The predicted molar refractivity (Wildman–Crippen MR) is 61.4 cm³/mol. The van der Waals surface area contributed by atoms with E-state index in [-0.39, 0.29) is 5.91 Å². The third-order valence-electron chi connectivity index (χ3n) is 2.36. The van der Waals surface area contributed by atoms with Crippen LogP contribution in [0.2, 0.25) is 5.15 Å². The zero-order chi connectivity index (χ0) is 10.8. The van der Waals surface area contributed by atoms with E-state index < -0.39 is 0 Å². The maximum atomic E-state index is 11.6. The van der Waals surface area contributed by atoms with Crippen molar-refractivity contribution in [3.63, 3.8) is 0 Å². The number of rotatable bonds is 2. The summed E-state index contributed by atoms with van der Waals surface area (Å²) >= 11 is 9.81. The summed E-state index contributed by atoms with van der Waals surface area (Å²) in [4.78, 5) is 13.2. The molecule has 0 aromatic carbocycles. The van der Waals surface area contributed by atoms with E-state index in [0.717, 1.165) is 0 Å². The summed E-state index contributed by atoms with van der Waals surface area (Å²) in [5.41, 5.74) is 0. The normalized spacial score (nSPS) is 21.1. The van der Waals surface area contributed by atoms with Gasteiger partial charge in [0.25, 0.3) is 0 Å². The van der Waals surface area contributed by atoms with Crippen LogP contribution in [-0.4, -0.2) is 28.4 Å². The quantitative estimate of drug-likeness (QED) is 0.799. The molecule has 1 amide bonds. The molecular weight excluding hydrogens is 234 g/mol. The zero-order valence-electron chi connectivity index (χ0n) is 7.93. The standard InChI is InChI=1S/C9H10ClN3OS/c10-7-1-2-8(12-11-7)13-4-6(5-15)3-9(13)14/h1-2,6,15H,3-5H2. The molecule has 1 aromatic rings. The minimum atomic E-state index is 0.0747. The van der Waals surface area contributed by atoms with Crippen molar-refractivity contribution in [2.75, 3.05) is 17.2 Å². The first-order chi connectivity index (χ1) is 7.20. The topological polar surface area (TPSA) is 46.1 Å². The predicted octanol–water partition coefficient (Wildman–Crippen LogP) is 1.41. The molecule has 1 atom stereocenters. The fourth-order valence-electron chi connectivity index (χ4n) is 1.58. The van der Waals surface area contributed by atoms with Gasteiger partial charge in [-0.1, -0.05) is 11.6 Å². The van der Waals surface area contributed by atoms with Gasteiger partial charge in [0.15, 0.2) is 11.0 Å². The smallest absolute Gasteiger partial charge is 0.228 e. The van der Waals surface area contributed by atoms with Crippen molar-refractivity contribution in [3.8, 4) is 0 Å². The number of anilines is 1. The monoisotopic (exact) mass is 243 g/mol. The van der Waals surface area contributed by atoms with Gasteiger partial charge in [0.2, 0.25) is 5.91 Å². The lowest BCUT2D eigenvalue weighted by molar-refractivity contribution is -0.117. The van der Waals surface area contributed by atoms with Crippen LogP contribution in [0.5, 0.6) is 0 Å². The first-order valence-corrected chi connectivity index (χ1v) is 5.62. The van der Waals surface area contributed by atoms with Gasteiger partial charge in [-0.3, -0.25) is 9.69 Å². The highest BCUT2D eigenvalue weighted by Gasteiger charge is 2.30. The van der Waals surface area contributed by atoms with Gasteiger partial charge < -0.3 is 0 Å². The Morgan fingerprint density at radius 3 is 2.87 bits per heavy atom. The molecule has 0 saturated carbocycles. The van der Waals surface area contributed by atoms with Gasteiger partial charge in [0, 0.05) is 13.0 Å². The average molecular weight is 244 g/mol. The van der Waals surface area contributed by atoms with Crippen molar-refractivity contribution >= 4 is 36.0 Å². The molecule has 1 saturated heterocycles. The van der Waals surface area contributed by atoms with Gasteiger partial charge in [-0.15, -0.1) is 10.2 Å². The lowest BCUT2D eigenvalue weighted by atomic mass is 10.1. The maximum absolute atomic E-state index is 11.6. The molecule has 2 rings (SSSR count). The van der Waals surface area contributed by atoms with Crippen molar-refractivity contribution in [1.29, 1.82) is 0 Å². The zero-order valence-corrected chi connectivity index (χ0v) is 9.58. The molecule has 6 heteroatoms. The molecule has 0 N–H and O–H groups in total. The highest BCUT2D eigenvalue weighted by Crippen LogP contribution is 2.23. The highest BCUT2D eigenvalue weighted by atomic mass is 35.5. The molecule has 1 aliphatic rings. The fourth-order valence-corrected chi connectivity index (χ4v) is 1.92. The van der Waals surface area contributed by atoms with Gasteiger partial charge in [0.1, 0.15) is 0 Å². The summed E-state index contributed by atoms with van der Waals surface area (Å²) in [6, 6.07) is 3.33. The van der Waals surface area contributed by atoms with Crippen molar-refractivity contribution in [3.05, 3.63) is 17.3 Å². The van der Waals surface area contributed by atoms with Gasteiger partial charge in [-0.2, -0.15) is 12.6 Å². The Kier molecular flexibility index (Phi) is 3.11. The Morgan fingerprint density at radius 2 is 2.33 bits per heavy atom. The van der Waals surface area contributed by atoms with Crippen LogP contribution in [0, 0.1) is 5.92 Å². The molecule has 1 aromatic heterocycles. The number of hydrogen-bond donors (Lipinski definition) is 1. The number of carbonyl (C=O) groups is 1. The number of hydrogen-bond acceptors (Lipinski definition) is 4. The summed E-state index contributed by atoms with van der Waals surface area (Å²) in [5.74, 6) is 1.65. The Labute approximate surface area is 98.0 Å². The maximum Gasteiger partial charge on any atom is 0.228 e. The van der Waals surface area contributed by atoms with Crippen molar-refractivity contribution in [2.45, 2.75) is 6.42 Å². The SMILES string of the molecule is O=C1CC(CS)CN1c1ccc(Cl)nn1. The largest absolute Gasteiger partial charge is 0.295 e. The van der Waals surface area contributed by atoms with E-state index in [4.69, 9.17) is 11.6 Å². The van der Waals surface area contributed by atoms with Gasteiger partial charge in [0.05, 0.1) is 0 Å². The van der Waals surface area contributed by atoms with Crippen LogP contribution >= 0.6 is 24.2 Å². The molecule has 2 heterocycles. The number of carbonyl (C=O) groups excluding carboxylic acids is 1. The Morgan fingerprint density at radius 1 is 1.53 bits per heavy atom. The van der Waals surface area contributed by atoms with Crippen LogP contribution in [0.1, 0.15) is 6.42 Å². The molecule has 1 fully saturated rings. The van der Waals surface area contributed by atoms with Gasteiger partial charge in [-0.25, -0.2) is 0 Å². The molecule has 80 valence electrons. The summed E-state index contributed by atoms with van der Waals surface area (Å²) in [5, 5.41) is 7.92. The van der Waals surface area contributed by atoms with E-state index in [2.05, 4.69) is 22.8 Å². The molecule has 0 aliphatic carbocycles. The third kappa shape index (κ3) is 2.23. The van der Waals surface area contributed by atoms with Crippen LogP contribution in [0.15, 0.2) is 12.1 Å². The molecule has 4 nitrogen and oxygen atoms in total. The molecule has 15 heavy (non-hydrogen) atoms. The van der Waals surface area contributed by atoms with Crippen molar-refractivity contribution in [1.82, 2.24) is 10.2 Å². The van der Waals surface area contributed by atoms with Crippen molar-refractivity contribution < 1.29 is 4.79 Å². The van der Waals surface area contributed by atoms with E-state index >= 15 is 0 Å². The van der Waals surface area contributed by atoms with Crippen LogP contribution in [0.4, 0.5) is 5.82 Å². The minimum Gasteiger partial charge on any atom is -0.295 e. The average Bonchev–Trinajstić information content (AvgIpc) is 2.61. The summed E-state index contributed by atoms with van der Waals surface area (Å²) in [7, 11) is 0. The summed E-state index contributed by atoms with van der Waals surface area (Å²) in [6.07, 6.45) is 0.536. The Bertz CT molecular complexity index is 370. The highest BCUT2D eigenvalue weighted by molar-refractivity contribution is 7.80. The van der Waals surface area contributed by atoms with E-state index in [1.54, 1.807) is 17.0 Å². The second kappa shape index (κ2) is 4.37. The van der Waals surface area contributed by atoms with Crippen LogP contribution in [0.25, 0.3) is 0 Å². The molecule has 1 aliphatic heterocycles. The molecular formula is C9H10ClN3OS. The lowest BCUT2D eigenvalue weighted by Crippen LogP contribution is -2.25. The Hall–Kier alpha value is -0.810. The van der Waals surface area contributed by atoms with E-state index in [1.807, 2.05) is 0 Å². The second-order valence-electron chi connectivity index (χ2n) is 3.47. The van der Waals surface area contributed by atoms with Crippen LogP contribution in [-0.2, 0) is 4.79 Å². The fraction of sp³-hybridized carbons (Fsp3) is 0.444. The van der Waals surface area contributed by atoms with Crippen molar-refractivity contribution in [2.24, 2.45) is 5.92 Å². The van der Waals surface area contributed by atoms with E-state index in [0.29, 0.717) is 35.6 Å². The molecule has 0 bridgehead atoms. The summed E-state index contributed by atoms with van der Waals surface area (Å²) < 4.78 is 0.